The highest BCUT2D eigenvalue weighted by atomic mass is 19.1. The van der Waals surface area contributed by atoms with Crippen molar-refractivity contribution in [1.29, 1.82) is 0 Å². The number of benzene rings is 1. The van der Waals surface area contributed by atoms with Gasteiger partial charge in [0.15, 0.2) is 0 Å². The van der Waals surface area contributed by atoms with Crippen LogP contribution in [0.4, 0.5) is 4.39 Å². The molecule has 2 aliphatic heterocycles. The molecule has 1 aromatic rings. The molecule has 0 radical (unpaired) electrons. The fraction of sp³-hybridized carbons (Fsp3) is 0.562. The van der Waals surface area contributed by atoms with Gasteiger partial charge in [0.25, 0.3) is 0 Å². The van der Waals surface area contributed by atoms with Crippen LogP contribution in [-0.4, -0.2) is 37.0 Å². The maximum atomic E-state index is 13.0. The number of carbonyl (C=O) groups excluding carboxylic acids is 1. The molecule has 0 aliphatic carbocycles. The lowest BCUT2D eigenvalue weighted by Crippen LogP contribution is -2.42. The highest BCUT2D eigenvalue weighted by Crippen LogP contribution is 2.43. The second kappa shape index (κ2) is 5.17. The molecule has 1 aromatic carbocycles. The van der Waals surface area contributed by atoms with E-state index in [9.17, 15) is 9.18 Å². The van der Waals surface area contributed by atoms with Gasteiger partial charge in [0, 0.05) is 13.1 Å². The predicted octanol–water partition coefficient (Wildman–Crippen LogP) is 1.97. The molecule has 1 atom stereocenters. The molecule has 2 aliphatic rings. The van der Waals surface area contributed by atoms with Crippen LogP contribution >= 0.6 is 0 Å². The van der Waals surface area contributed by atoms with E-state index < -0.39 is 0 Å². The maximum Gasteiger partial charge on any atom is 0.228 e. The van der Waals surface area contributed by atoms with Gasteiger partial charge in [-0.3, -0.25) is 4.79 Å². The second-order valence-corrected chi connectivity index (χ2v) is 6.13. The number of amides is 1. The van der Waals surface area contributed by atoms with Crippen molar-refractivity contribution >= 4 is 5.91 Å². The largest absolute Gasteiger partial charge is 0.342 e. The highest BCUT2D eigenvalue weighted by molar-refractivity contribution is 5.85. The Kier molecular flexibility index (Phi) is 3.50. The summed E-state index contributed by atoms with van der Waals surface area (Å²) in [6.07, 6.45) is 3.63. The lowest BCUT2D eigenvalue weighted by atomic mass is 9.76. The van der Waals surface area contributed by atoms with E-state index in [1.54, 1.807) is 0 Å². The molecule has 1 unspecified atom stereocenters. The predicted molar refractivity (Wildman–Crippen MR) is 75.8 cm³/mol. The van der Waals surface area contributed by atoms with Crippen molar-refractivity contribution in [3.8, 4) is 0 Å². The van der Waals surface area contributed by atoms with Crippen LogP contribution in [0.1, 0.15) is 24.8 Å². The Morgan fingerprint density at radius 2 is 1.95 bits per heavy atom. The van der Waals surface area contributed by atoms with E-state index in [1.165, 1.54) is 12.1 Å². The van der Waals surface area contributed by atoms with Crippen molar-refractivity contribution in [1.82, 2.24) is 10.2 Å². The van der Waals surface area contributed by atoms with E-state index in [1.807, 2.05) is 24.1 Å². The molecule has 3 rings (SSSR count). The molecule has 3 nitrogen and oxygen atoms in total. The van der Waals surface area contributed by atoms with E-state index in [-0.39, 0.29) is 17.3 Å². The first-order chi connectivity index (χ1) is 9.61. The van der Waals surface area contributed by atoms with Crippen LogP contribution in [0.15, 0.2) is 24.3 Å². The lowest BCUT2D eigenvalue weighted by molar-refractivity contribution is -0.136. The van der Waals surface area contributed by atoms with Gasteiger partial charge in [-0.2, -0.15) is 0 Å². The van der Waals surface area contributed by atoms with Crippen molar-refractivity contribution in [2.45, 2.75) is 31.7 Å². The summed E-state index contributed by atoms with van der Waals surface area (Å²) in [5, 5.41) is 3.33. The third kappa shape index (κ3) is 2.33. The van der Waals surface area contributed by atoms with E-state index in [0.717, 1.165) is 44.3 Å². The normalized spacial score (nSPS) is 25.4. The van der Waals surface area contributed by atoms with E-state index in [4.69, 9.17) is 0 Å². The SMILES string of the molecule is CN1C(=O)C2(CCNCC2)CC1Cc1ccc(F)cc1. The Morgan fingerprint density at radius 1 is 1.30 bits per heavy atom. The fourth-order valence-electron chi connectivity index (χ4n) is 3.64. The second-order valence-electron chi connectivity index (χ2n) is 6.13. The lowest BCUT2D eigenvalue weighted by Gasteiger charge is -2.31. The number of piperidine rings is 1. The minimum atomic E-state index is -0.209. The average molecular weight is 276 g/mol. The summed E-state index contributed by atoms with van der Waals surface area (Å²) in [6, 6.07) is 6.87. The summed E-state index contributed by atoms with van der Waals surface area (Å²) >= 11 is 0. The van der Waals surface area contributed by atoms with E-state index in [0.29, 0.717) is 5.91 Å². The molecule has 2 heterocycles. The summed E-state index contributed by atoms with van der Waals surface area (Å²) in [5.74, 6) is 0.0885. The van der Waals surface area contributed by atoms with Gasteiger partial charge in [0.1, 0.15) is 5.82 Å². The fourth-order valence-corrected chi connectivity index (χ4v) is 3.64. The first-order valence-electron chi connectivity index (χ1n) is 7.33. The summed E-state index contributed by atoms with van der Waals surface area (Å²) < 4.78 is 13.0. The standard InChI is InChI=1S/C16H21FN2O/c1-19-14(10-12-2-4-13(17)5-3-12)11-16(15(19)20)6-8-18-9-7-16/h2-5,14,18H,6-11H2,1H3. The number of rotatable bonds is 2. The number of carbonyl (C=O) groups is 1. The van der Waals surface area contributed by atoms with Crippen LogP contribution in [0.25, 0.3) is 0 Å². The first-order valence-corrected chi connectivity index (χ1v) is 7.33. The number of nitrogens with one attached hydrogen (secondary N) is 1. The Morgan fingerprint density at radius 3 is 2.60 bits per heavy atom. The van der Waals surface area contributed by atoms with Crippen molar-refractivity contribution in [2.24, 2.45) is 5.41 Å². The van der Waals surface area contributed by atoms with Crippen LogP contribution in [0.2, 0.25) is 0 Å². The average Bonchev–Trinajstić information content (AvgIpc) is 2.68. The molecule has 1 spiro atoms. The minimum Gasteiger partial charge on any atom is -0.342 e. The molecule has 1 amide bonds. The maximum absolute atomic E-state index is 13.0. The number of hydrogen-bond acceptors (Lipinski definition) is 2. The van der Waals surface area contributed by atoms with Crippen LogP contribution < -0.4 is 5.32 Å². The summed E-state index contributed by atoms with van der Waals surface area (Å²) in [7, 11) is 1.91. The van der Waals surface area contributed by atoms with Crippen LogP contribution in [-0.2, 0) is 11.2 Å². The molecule has 2 fully saturated rings. The molecule has 1 N–H and O–H groups in total. The Bertz CT molecular complexity index is 494. The molecule has 108 valence electrons. The minimum absolute atomic E-state index is 0.148. The molecule has 0 saturated carbocycles. The number of nitrogens with zero attached hydrogens (tertiary/aromatic N) is 1. The highest BCUT2D eigenvalue weighted by Gasteiger charge is 2.49. The number of halogens is 1. The monoisotopic (exact) mass is 276 g/mol. The Labute approximate surface area is 119 Å². The first kappa shape index (κ1) is 13.6. The third-order valence-electron chi connectivity index (χ3n) is 4.89. The topological polar surface area (TPSA) is 32.3 Å². The molecule has 20 heavy (non-hydrogen) atoms. The van der Waals surface area contributed by atoms with Gasteiger partial charge in [-0.05, 0) is 56.5 Å². The molecule has 4 heteroatoms. The molecule has 0 bridgehead atoms. The van der Waals surface area contributed by atoms with Crippen LogP contribution in [0, 0.1) is 11.2 Å². The van der Waals surface area contributed by atoms with Gasteiger partial charge in [0.2, 0.25) is 5.91 Å². The van der Waals surface area contributed by atoms with Crippen LogP contribution in [0.3, 0.4) is 0 Å². The number of likely N-dealkylation sites (tertiary alicyclic amines) is 1. The molecular weight excluding hydrogens is 255 g/mol. The summed E-state index contributed by atoms with van der Waals surface area (Å²) in [5.41, 5.74) is 0.951. The molecule has 2 saturated heterocycles. The van der Waals surface area contributed by atoms with Crippen molar-refractivity contribution in [3.63, 3.8) is 0 Å². The molecular formula is C16H21FN2O. The van der Waals surface area contributed by atoms with E-state index in [2.05, 4.69) is 5.32 Å². The zero-order chi connectivity index (χ0) is 14.2. The number of likely N-dealkylation sites (N-methyl/N-ethyl adjacent to an activating group) is 1. The third-order valence-corrected chi connectivity index (χ3v) is 4.89. The van der Waals surface area contributed by atoms with Gasteiger partial charge >= 0.3 is 0 Å². The van der Waals surface area contributed by atoms with Gasteiger partial charge < -0.3 is 10.2 Å². The van der Waals surface area contributed by atoms with Gasteiger partial charge in [-0.25, -0.2) is 4.39 Å². The summed E-state index contributed by atoms with van der Waals surface area (Å²) in [6.45, 7) is 1.87. The number of hydrogen-bond donors (Lipinski definition) is 1. The van der Waals surface area contributed by atoms with Crippen LogP contribution in [0.5, 0.6) is 0 Å². The smallest absolute Gasteiger partial charge is 0.228 e. The van der Waals surface area contributed by atoms with Gasteiger partial charge in [-0.15, -0.1) is 0 Å². The Balaban J connectivity index is 1.74. The van der Waals surface area contributed by atoms with Crippen molar-refractivity contribution < 1.29 is 9.18 Å². The molecule has 0 aromatic heterocycles. The van der Waals surface area contributed by atoms with Gasteiger partial charge in [0.05, 0.1) is 5.41 Å². The van der Waals surface area contributed by atoms with Gasteiger partial charge in [-0.1, -0.05) is 12.1 Å². The zero-order valence-electron chi connectivity index (χ0n) is 11.9. The summed E-state index contributed by atoms with van der Waals surface area (Å²) in [4.78, 5) is 14.5. The Hall–Kier alpha value is -1.42. The van der Waals surface area contributed by atoms with E-state index >= 15 is 0 Å². The van der Waals surface area contributed by atoms with Crippen molar-refractivity contribution in [2.75, 3.05) is 20.1 Å². The quantitative estimate of drug-likeness (QED) is 0.895. The zero-order valence-corrected chi connectivity index (χ0v) is 11.9. The van der Waals surface area contributed by atoms with Crippen molar-refractivity contribution in [3.05, 3.63) is 35.6 Å².